The Labute approximate surface area is 197 Å². The molecule has 0 aromatic heterocycles. The van der Waals surface area contributed by atoms with E-state index in [1.807, 2.05) is 0 Å². The third-order valence-corrected chi connectivity index (χ3v) is 0. The van der Waals surface area contributed by atoms with E-state index >= 15 is 0 Å². The molecule has 0 aromatic carbocycles. The van der Waals surface area contributed by atoms with Gasteiger partial charge >= 0.3 is 200 Å². The maximum Gasteiger partial charge on any atom is 5.00 e. The number of hydrogen-bond donors (Lipinski definition) is 0. The van der Waals surface area contributed by atoms with E-state index in [-0.39, 0.29) is 44.8 Å². The summed E-state index contributed by atoms with van der Waals surface area (Å²) in [4.78, 5) is 0. The Morgan fingerprint density at radius 1 is 0.259 bits per heavy atom. The molecule has 0 aromatic rings. The van der Waals surface area contributed by atoms with Crippen molar-refractivity contribution in [3.05, 3.63) is 0 Å². The Morgan fingerprint density at radius 3 is 0.259 bits per heavy atom. The van der Waals surface area contributed by atoms with E-state index in [0.29, 0.717) is 0 Å². The van der Waals surface area contributed by atoms with Crippen molar-refractivity contribution in [2.45, 2.75) is 0 Å². The van der Waals surface area contributed by atoms with Gasteiger partial charge in [-0.1, -0.05) is 0 Å². The van der Waals surface area contributed by atoms with Crippen LogP contribution in [0.25, 0.3) is 0 Å². The zero-order valence-corrected chi connectivity index (χ0v) is 27.6. The van der Waals surface area contributed by atoms with Gasteiger partial charge in [-0.3, -0.25) is 0 Å². The second kappa shape index (κ2) is 20.4. The van der Waals surface area contributed by atoms with E-state index in [2.05, 4.69) is 0 Å². The summed E-state index contributed by atoms with van der Waals surface area (Å²) in [6.07, 6.45) is 0. The van der Waals surface area contributed by atoms with Crippen molar-refractivity contribution in [2.24, 2.45) is 0 Å². The molecule has 0 aliphatic heterocycles. The topological polar surface area (TPSA) is 401 Å². The molecule has 0 atom stereocenters. The van der Waals surface area contributed by atoms with Gasteiger partial charge in [-0.05, 0) is 0 Å². The standard InChI is InChI=1S/5Mo.20O.2Ta/q;;;;;;;;;;;;;;;10*-1;2*+5. The third kappa shape index (κ3) is 3150. The Morgan fingerprint density at radius 2 is 0.259 bits per heavy atom. The molecule has 0 aliphatic rings. The van der Waals surface area contributed by atoms with E-state index < -0.39 is 83.7 Å². The Bertz CT molecular complexity index is 619. The molecule has 160 valence electrons. The van der Waals surface area contributed by atoms with Gasteiger partial charge in [0.15, 0.2) is 0 Å². The Hall–Kier alpha value is 2.52. The van der Waals surface area contributed by atoms with Crippen molar-refractivity contribution in [3.8, 4) is 0 Å². The summed E-state index contributed by atoms with van der Waals surface area (Å²) in [7, 11) is 0. The van der Waals surface area contributed by atoms with Crippen LogP contribution in [0.4, 0.5) is 0 Å². The first-order valence-corrected chi connectivity index (χ1v) is 19.7. The van der Waals surface area contributed by atoms with Crippen LogP contribution < -0.4 is 37.6 Å². The third-order valence-electron chi connectivity index (χ3n) is 0. The molecule has 0 aliphatic carbocycles. The van der Waals surface area contributed by atoms with Crippen molar-refractivity contribution in [1.82, 2.24) is 0 Å². The van der Waals surface area contributed by atoms with Crippen LogP contribution in [0.3, 0.4) is 0 Å². The molecule has 27 heavy (non-hydrogen) atoms. The number of rotatable bonds is 0. The fourth-order valence-electron chi connectivity index (χ4n) is 0. The first-order chi connectivity index (χ1) is 10.0. The minimum Gasteiger partial charge on any atom is 5.00 e. The molecule has 0 N–H and O–H groups in total. The van der Waals surface area contributed by atoms with E-state index in [9.17, 15) is 0 Å². The van der Waals surface area contributed by atoms with Gasteiger partial charge < -0.3 is 0 Å². The van der Waals surface area contributed by atoms with Gasteiger partial charge in [0.1, 0.15) is 0 Å². The summed E-state index contributed by atoms with van der Waals surface area (Å²) >= 11 is -30.1. The molecular weight excluding hydrogens is 1160 g/mol. The van der Waals surface area contributed by atoms with Gasteiger partial charge in [-0.2, -0.15) is 0 Å². The largest absolute Gasteiger partial charge is 5.00 e. The summed E-state index contributed by atoms with van der Waals surface area (Å²) in [5.41, 5.74) is 0. The molecule has 0 fully saturated rings. The molecule has 0 amide bonds. The van der Waals surface area contributed by atoms with Gasteiger partial charge in [-0.25, -0.2) is 0 Å². The van der Waals surface area contributed by atoms with Crippen LogP contribution in [0.2, 0.25) is 0 Å². The molecule has 0 rings (SSSR count). The molecule has 0 heterocycles. The van der Waals surface area contributed by atoms with Crippen LogP contribution in [0, 0.1) is 0 Å². The maximum absolute atomic E-state index is 8.63. The van der Waals surface area contributed by atoms with Crippen molar-refractivity contribution in [3.63, 3.8) is 0 Å². The van der Waals surface area contributed by atoms with Gasteiger partial charge in [0.2, 0.25) is 0 Å². The molecule has 20 nitrogen and oxygen atoms in total. The molecule has 0 bridgehead atoms. The predicted octanol–water partition coefficient (Wildman–Crippen LogP) is -13.1. The van der Waals surface area contributed by atoms with Crippen molar-refractivity contribution >= 4 is 0 Å². The molecule has 0 spiro atoms. The van der Waals surface area contributed by atoms with Gasteiger partial charge in [0, 0.05) is 0 Å². The molecule has 27 heteroatoms. The quantitative estimate of drug-likeness (QED) is 0.203. The first kappa shape index (κ1) is 47.3. The molecular formula is Mo5O20Ta2. The van der Waals surface area contributed by atoms with E-state index in [1.54, 1.807) is 0 Å². The van der Waals surface area contributed by atoms with E-state index in [1.165, 1.54) is 0 Å². The van der Waals surface area contributed by atoms with Gasteiger partial charge in [0.25, 0.3) is 0 Å². The minimum absolute atomic E-state index is 0. The van der Waals surface area contributed by atoms with Gasteiger partial charge in [-0.15, -0.1) is 0 Å². The van der Waals surface area contributed by atoms with Crippen molar-refractivity contribution in [2.75, 3.05) is 0 Å². The average molecular weight is 1160 g/mol. The monoisotopic (exact) mass is 1170 g/mol. The number of hydrogen-bond acceptors (Lipinski definition) is 20. The first-order valence-electron chi connectivity index (χ1n) is 3.33. The van der Waals surface area contributed by atoms with Crippen LogP contribution in [-0.4, -0.2) is 0 Å². The fourth-order valence-corrected chi connectivity index (χ4v) is 0. The Kier molecular flexibility index (Phi) is 35.8. The zero-order valence-electron chi connectivity index (χ0n) is 11.1. The summed E-state index contributed by atoms with van der Waals surface area (Å²) in [5, 5.41) is 0. The van der Waals surface area contributed by atoms with Crippen LogP contribution in [0.15, 0.2) is 0 Å². The average Bonchev–Trinajstić information content (AvgIpc) is 1.79. The Balaban J connectivity index is -0.0000000364. The van der Waals surface area contributed by atoms with Crippen LogP contribution in [0.1, 0.15) is 0 Å². The summed E-state index contributed by atoms with van der Waals surface area (Å²) in [5.74, 6) is 0. The predicted molar refractivity (Wildman–Crippen MR) is 6.86 cm³/mol. The maximum atomic E-state index is 8.63. The van der Waals surface area contributed by atoms with Gasteiger partial charge in [0.05, 0.1) is 0 Å². The second-order valence-electron chi connectivity index (χ2n) is 2.04. The fraction of sp³-hybridized carbons (Fsp3) is 0. The van der Waals surface area contributed by atoms with Crippen molar-refractivity contribution in [1.29, 1.82) is 0 Å². The van der Waals surface area contributed by atoms with Crippen LogP contribution >= 0.6 is 0 Å². The summed E-state index contributed by atoms with van der Waals surface area (Å²) in [6.45, 7) is 0. The van der Waals surface area contributed by atoms with Crippen LogP contribution in [-0.2, 0) is 162 Å². The van der Waals surface area contributed by atoms with E-state index in [4.69, 9.17) is 71.6 Å². The smallest absolute Gasteiger partial charge is 5.00 e. The van der Waals surface area contributed by atoms with E-state index in [0.717, 1.165) is 0 Å². The molecule has 0 unspecified atom stereocenters. The minimum atomic E-state index is -6.02. The molecule has 0 saturated carbocycles. The van der Waals surface area contributed by atoms with Crippen LogP contribution in [0.5, 0.6) is 0 Å². The van der Waals surface area contributed by atoms with Crippen molar-refractivity contribution < 1.29 is 200 Å². The zero-order chi connectivity index (χ0) is 22.5. The molecule has 0 radical (unpaired) electrons. The second-order valence-corrected chi connectivity index (χ2v) is 12.1. The normalized spacial score (nSPS) is 10.7. The molecule has 0 saturated heterocycles. The SMILES string of the molecule is [O]=[Mo](=[O])([O-])[O-].[O]=[Mo](=[O])([O-])[O-].[O]=[Mo](=[O])([O-])[O-].[O]=[Mo](=[O])([O-])[O-].[O]=[Mo](=[O])([O-])[O-].[Ta+5].[Ta+5]. The summed E-state index contributed by atoms with van der Waals surface area (Å²) in [6, 6.07) is 0. The summed E-state index contributed by atoms with van der Waals surface area (Å²) < 4.78 is 173.